The van der Waals surface area contributed by atoms with E-state index in [9.17, 15) is 4.79 Å². The molecular formula is C22H43O3P. The third-order valence-electron chi connectivity index (χ3n) is 4.75. The average Bonchev–Trinajstić information content (AvgIpc) is 2.65. The van der Waals surface area contributed by atoms with E-state index in [1.165, 1.54) is 77.0 Å². The van der Waals surface area contributed by atoms with Crippen molar-refractivity contribution in [1.29, 1.82) is 0 Å². The molecule has 0 heterocycles. The molecule has 0 aliphatic rings. The molecule has 0 saturated heterocycles. The Kier molecular flexibility index (Phi) is 20.6. The molecule has 2 unspecified atom stereocenters. The van der Waals surface area contributed by atoms with Gasteiger partial charge in [-0.05, 0) is 25.3 Å². The number of hydrogen-bond donors (Lipinski definition) is 0. The van der Waals surface area contributed by atoms with Gasteiger partial charge in [0.05, 0.1) is 6.26 Å². The first-order valence-corrected chi connectivity index (χ1v) is 11.4. The van der Waals surface area contributed by atoms with E-state index in [4.69, 9.17) is 9.26 Å². The van der Waals surface area contributed by atoms with Crippen molar-refractivity contribution in [2.24, 2.45) is 0 Å². The lowest BCUT2D eigenvalue weighted by Gasteiger charge is -2.12. The summed E-state index contributed by atoms with van der Waals surface area (Å²) in [4.78, 5) is 11.9. The largest absolute Gasteiger partial charge is 0.433 e. The number of unbranched alkanes of at least 4 members (excludes halogenated alkanes) is 13. The molecule has 0 aliphatic carbocycles. The number of rotatable bonds is 19. The van der Waals surface area contributed by atoms with E-state index >= 15 is 0 Å². The molecule has 0 radical (unpaired) electrons. The van der Waals surface area contributed by atoms with Gasteiger partial charge in [0.2, 0.25) is 0 Å². The summed E-state index contributed by atoms with van der Waals surface area (Å²) in [7, 11) is 2.19. The SMILES string of the molecule is CCCCCCCCCCCCC=COC(=O)C(CCCCCC)OP. The topological polar surface area (TPSA) is 35.5 Å². The Morgan fingerprint density at radius 2 is 1.31 bits per heavy atom. The van der Waals surface area contributed by atoms with Gasteiger partial charge in [-0.15, -0.1) is 0 Å². The smallest absolute Gasteiger partial charge is 0.340 e. The molecule has 4 heteroatoms. The van der Waals surface area contributed by atoms with Crippen LogP contribution >= 0.6 is 9.47 Å². The van der Waals surface area contributed by atoms with E-state index in [0.29, 0.717) is 0 Å². The van der Waals surface area contributed by atoms with Crippen LogP contribution in [0.1, 0.15) is 117 Å². The lowest BCUT2D eigenvalue weighted by atomic mass is 10.1. The molecule has 0 amide bonds. The monoisotopic (exact) mass is 386 g/mol. The maximum atomic E-state index is 11.9. The minimum Gasteiger partial charge on any atom is -0.433 e. The second kappa shape index (κ2) is 20.9. The van der Waals surface area contributed by atoms with Crippen LogP contribution in [0.15, 0.2) is 12.3 Å². The van der Waals surface area contributed by atoms with E-state index in [1.54, 1.807) is 6.26 Å². The lowest BCUT2D eigenvalue weighted by Crippen LogP contribution is -2.22. The van der Waals surface area contributed by atoms with E-state index < -0.39 is 6.10 Å². The molecule has 0 fully saturated rings. The molecule has 2 atom stereocenters. The lowest BCUT2D eigenvalue weighted by molar-refractivity contribution is -0.145. The van der Waals surface area contributed by atoms with Gasteiger partial charge in [0.15, 0.2) is 6.10 Å². The van der Waals surface area contributed by atoms with Crippen LogP contribution in [0.2, 0.25) is 0 Å². The highest BCUT2D eigenvalue weighted by atomic mass is 31.0. The molecule has 0 aromatic carbocycles. The predicted molar refractivity (Wildman–Crippen MR) is 115 cm³/mol. The van der Waals surface area contributed by atoms with Crippen LogP contribution in [0.25, 0.3) is 0 Å². The maximum Gasteiger partial charge on any atom is 0.340 e. The van der Waals surface area contributed by atoms with Crippen LogP contribution in [0, 0.1) is 0 Å². The quantitative estimate of drug-likeness (QED) is 0.0997. The van der Waals surface area contributed by atoms with Gasteiger partial charge in [0.1, 0.15) is 0 Å². The fourth-order valence-corrected chi connectivity index (χ4v) is 3.25. The summed E-state index contributed by atoms with van der Waals surface area (Å²) < 4.78 is 10.4. The zero-order valence-electron chi connectivity index (χ0n) is 17.3. The van der Waals surface area contributed by atoms with Gasteiger partial charge in [-0.2, -0.15) is 0 Å². The molecule has 0 aromatic rings. The van der Waals surface area contributed by atoms with Gasteiger partial charge in [-0.3, -0.25) is 0 Å². The van der Waals surface area contributed by atoms with Crippen LogP contribution in [0.3, 0.4) is 0 Å². The summed E-state index contributed by atoms with van der Waals surface area (Å²) in [5.74, 6) is -0.282. The molecule has 0 rings (SSSR count). The summed E-state index contributed by atoms with van der Waals surface area (Å²) in [6.45, 7) is 4.44. The van der Waals surface area contributed by atoms with Gasteiger partial charge in [0, 0.05) is 9.47 Å². The normalized spacial score (nSPS) is 12.6. The molecule has 0 aromatic heterocycles. The fraction of sp³-hybridized carbons (Fsp3) is 0.864. The molecule has 154 valence electrons. The Hall–Kier alpha value is -0.400. The van der Waals surface area contributed by atoms with Crippen LogP contribution in [0.5, 0.6) is 0 Å². The van der Waals surface area contributed by atoms with Crippen molar-refractivity contribution in [3.63, 3.8) is 0 Å². The second-order valence-corrected chi connectivity index (χ2v) is 7.53. The highest BCUT2D eigenvalue weighted by molar-refractivity contribution is 7.09. The van der Waals surface area contributed by atoms with Crippen molar-refractivity contribution in [1.82, 2.24) is 0 Å². The molecular weight excluding hydrogens is 343 g/mol. The Balaban J connectivity index is 3.51. The highest BCUT2D eigenvalue weighted by Crippen LogP contribution is 2.13. The van der Waals surface area contributed by atoms with Crippen molar-refractivity contribution in [3.8, 4) is 0 Å². The number of hydrogen-bond acceptors (Lipinski definition) is 3. The van der Waals surface area contributed by atoms with Gasteiger partial charge >= 0.3 is 5.97 Å². The summed E-state index contributed by atoms with van der Waals surface area (Å²) >= 11 is 0. The zero-order chi connectivity index (χ0) is 19.3. The predicted octanol–water partition coefficient (Wildman–Crippen LogP) is 7.50. The van der Waals surface area contributed by atoms with E-state index in [2.05, 4.69) is 23.3 Å². The van der Waals surface area contributed by atoms with Gasteiger partial charge in [0.25, 0.3) is 0 Å². The number of carbonyl (C=O) groups excluding carboxylic acids is 1. The van der Waals surface area contributed by atoms with Crippen molar-refractivity contribution in [2.45, 2.75) is 123 Å². The molecule has 0 saturated carbocycles. The van der Waals surface area contributed by atoms with Gasteiger partial charge < -0.3 is 9.26 Å². The van der Waals surface area contributed by atoms with Crippen LogP contribution in [0.4, 0.5) is 0 Å². The highest BCUT2D eigenvalue weighted by Gasteiger charge is 2.18. The van der Waals surface area contributed by atoms with Crippen molar-refractivity contribution < 1.29 is 14.1 Å². The van der Waals surface area contributed by atoms with E-state index in [0.717, 1.165) is 25.7 Å². The van der Waals surface area contributed by atoms with Gasteiger partial charge in [-0.25, -0.2) is 4.79 Å². The van der Waals surface area contributed by atoms with Crippen molar-refractivity contribution >= 4 is 15.4 Å². The molecule has 26 heavy (non-hydrogen) atoms. The minimum atomic E-state index is -0.459. The first-order valence-electron chi connectivity index (χ1n) is 11.0. The Bertz CT molecular complexity index is 331. The Morgan fingerprint density at radius 3 is 1.85 bits per heavy atom. The standard InChI is InChI=1S/C22H43O3P/c1-3-5-7-9-10-11-12-13-14-15-16-18-20-24-22(23)21(25-26)19-17-8-6-4-2/h18,20-21H,3-17,19,26H2,1-2H3. The van der Waals surface area contributed by atoms with E-state index in [1.807, 2.05) is 6.08 Å². The van der Waals surface area contributed by atoms with E-state index in [-0.39, 0.29) is 5.97 Å². The average molecular weight is 387 g/mol. The number of carbonyl (C=O) groups is 1. The first kappa shape index (κ1) is 25.6. The molecule has 0 spiro atoms. The fourth-order valence-electron chi connectivity index (χ4n) is 3.01. The summed E-state index contributed by atoms with van der Waals surface area (Å²) in [5.41, 5.74) is 0. The third kappa shape index (κ3) is 17.0. The summed E-state index contributed by atoms with van der Waals surface area (Å²) in [6, 6.07) is 0. The summed E-state index contributed by atoms with van der Waals surface area (Å²) in [6.07, 6.45) is 22.7. The Labute approximate surface area is 165 Å². The van der Waals surface area contributed by atoms with Crippen LogP contribution in [-0.2, 0) is 14.1 Å². The van der Waals surface area contributed by atoms with Crippen molar-refractivity contribution in [2.75, 3.05) is 0 Å². The number of allylic oxidation sites excluding steroid dienone is 1. The number of ether oxygens (including phenoxy) is 1. The summed E-state index contributed by atoms with van der Waals surface area (Å²) in [5, 5.41) is 0. The maximum absolute atomic E-state index is 11.9. The number of esters is 1. The Morgan fingerprint density at radius 1 is 0.808 bits per heavy atom. The molecule has 0 N–H and O–H groups in total. The van der Waals surface area contributed by atoms with Crippen molar-refractivity contribution in [3.05, 3.63) is 12.3 Å². The molecule has 3 nitrogen and oxygen atoms in total. The molecule has 0 aliphatic heterocycles. The van der Waals surface area contributed by atoms with Gasteiger partial charge in [-0.1, -0.05) is 97.3 Å². The van der Waals surface area contributed by atoms with Crippen LogP contribution < -0.4 is 0 Å². The van der Waals surface area contributed by atoms with Crippen LogP contribution in [-0.4, -0.2) is 12.1 Å². The first-order chi connectivity index (χ1) is 12.8. The minimum absolute atomic E-state index is 0.282. The molecule has 0 bridgehead atoms. The third-order valence-corrected chi connectivity index (χ3v) is 5.08. The second-order valence-electron chi connectivity index (χ2n) is 7.25. The zero-order valence-corrected chi connectivity index (χ0v) is 18.5.